The minimum absolute atomic E-state index is 0.0189. The molecule has 2 aromatic carbocycles. The first-order valence-corrected chi connectivity index (χ1v) is 13.7. The molecule has 2 aromatic rings. The van der Waals surface area contributed by atoms with Gasteiger partial charge in [-0.15, -0.1) is 0 Å². The number of ketones is 2. The summed E-state index contributed by atoms with van der Waals surface area (Å²) in [5.74, 6) is 0.195. The molecule has 9 heteroatoms. The van der Waals surface area contributed by atoms with Crippen molar-refractivity contribution < 1.29 is 28.6 Å². The highest BCUT2D eigenvalue weighted by Crippen LogP contribution is 2.32. The fraction of sp³-hybridized carbons (Fsp3) is 0.469. The summed E-state index contributed by atoms with van der Waals surface area (Å²) < 4.78 is 16.5. The van der Waals surface area contributed by atoms with Crippen molar-refractivity contribution in [3.8, 4) is 11.5 Å². The molecule has 0 aliphatic carbocycles. The Bertz CT molecular complexity index is 1190. The molecule has 0 aliphatic rings. The zero-order valence-electron chi connectivity index (χ0n) is 25.4. The van der Waals surface area contributed by atoms with Crippen molar-refractivity contribution in [3.63, 3.8) is 0 Å². The first kappa shape index (κ1) is 33.5. The Labute approximate surface area is 244 Å². The van der Waals surface area contributed by atoms with E-state index in [9.17, 15) is 14.4 Å². The van der Waals surface area contributed by atoms with Gasteiger partial charge < -0.3 is 30.2 Å². The minimum atomic E-state index is -1.14. The summed E-state index contributed by atoms with van der Waals surface area (Å²) in [5.41, 5.74) is 7.51. The molecule has 0 radical (unpaired) electrons. The Balaban J connectivity index is 2.14. The highest BCUT2D eigenvalue weighted by atomic mass is 16.5. The fourth-order valence-corrected chi connectivity index (χ4v) is 4.22. The number of methoxy groups -OCH3 is 2. The van der Waals surface area contributed by atoms with Gasteiger partial charge in [-0.25, -0.2) is 0 Å². The number of benzene rings is 2. The molecule has 0 unspecified atom stereocenters. The van der Waals surface area contributed by atoms with Gasteiger partial charge in [0, 0.05) is 32.1 Å². The maximum Gasteiger partial charge on any atom is 0.240 e. The van der Waals surface area contributed by atoms with E-state index in [1.165, 1.54) is 0 Å². The summed E-state index contributed by atoms with van der Waals surface area (Å²) in [7, 11) is 6.92. The van der Waals surface area contributed by atoms with Gasteiger partial charge in [0.2, 0.25) is 5.91 Å². The smallest absolute Gasteiger partial charge is 0.240 e. The molecule has 0 bridgehead atoms. The highest BCUT2D eigenvalue weighted by Gasteiger charge is 2.28. The number of hydrogen-bond donors (Lipinski definition) is 2. The number of nitrogens with zero attached hydrogens (tertiary/aromatic N) is 1. The van der Waals surface area contributed by atoms with Crippen LogP contribution in [0, 0.1) is 0 Å². The lowest BCUT2D eigenvalue weighted by Gasteiger charge is -2.24. The molecular formula is C32H45N3O6. The molecule has 224 valence electrons. The molecule has 0 spiro atoms. The number of rotatable bonds is 17. The number of amides is 1. The van der Waals surface area contributed by atoms with Crippen LogP contribution in [0.5, 0.6) is 11.5 Å². The number of ether oxygens (including phenoxy) is 3. The highest BCUT2D eigenvalue weighted by molar-refractivity contribution is 5.92. The second-order valence-corrected chi connectivity index (χ2v) is 10.8. The number of carbonyl (C=O) groups excluding carboxylic acids is 3. The van der Waals surface area contributed by atoms with E-state index in [-0.39, 0.29) is 30.5 Å². The quantitative estimate of drug-likeness (QED) is 0.294. The van der Waals surface area contributed by atoms with Gasteiger partial charge in [0.1, 0.15) is 11.8 Å². The van der Waals surface area contributed by atoms with Crippen LogP contribution in [0.2, 0.25) is 0 Å². The predicted molar refractivity (Wildman–Crippen MR) is 160 cm³/mol. The van der Waals surface area contributed by atoms with Crippen LogP contribution < -0.4 is 20.5 Å². The van der Waals surface area contributed by atoms with E-state index < -0.39 is 17.5 Å². The van der Waals surface area contributed by atoms with Crippen molar-refractivity contribution in [1.29, 1.82) is 0 Å². The molecule has 2 rings (SSSR count). The third-order valence-corrected chi connectivity index (χ3v) is 6.77. The van der Waals surface area contributed by atoms with Crippen LogP contribution in [0.25, 0.3) is 0 Å². The van der Waals surface area contributed by atoms with E-state index >= 15 is 0 Å². The Morgan fingerprint density at radius 3 is 2.22 bits per heavy atom. The molecular weight excluding hydrogens is 522 g/mol. The second kappa shape index (κ2) is 15.9. The molecule has 0 aliphatic heterocycles. The number of Topliss-reactive ketones (excluding diaryl/α,β-unsaturated/α-hetero) is 2. The zero-order valence-corrected chi connectivity index (χ0v) is 25.4. The third-order valence-electron chi connectivity index (χ3n) is 6.77. The molecule has 0 heterocycles. The van der Waals surface area contributed by atoms with Gasteiger partial charge in [0.25, 0.3) is 0 Å². The standard InChI is InChI=1S/C32H45N3O6/c1-22(36)26(24-13-18-29(39-6)30(19-24)40-7)16-14-25(35(4)5)15-17-28(37)27(34-31(38)32(2,3)33)21-41-20-23-11-9-8-10-12-23/h8-14,18-19,26-27H,15-17,20-21,33H2,1-7H3,(H,34,38)/b25-14-/t26-,27-/m1/s1. The monoisotopic (exact) mass is 567 g/mol. The van der Waals surface area contributed by atoms with Crippen LogP contribution >= 0.6 is 0 Å². The van der Waals surface area contributed by atoms with Crippen LogP contribution in [-0.4, -0.2) is 68.9 Å². The summed E-state index contributed by atoms with van der Waals surface area (Å²) in [5, 5.41) is 2.76. The number of nitrogens with two attached hydrogens (primary N) is 1. The topological polar surface area (TPSA) is 120 Å². The first-order valence-electron chi connectivity index (χ1n) is 13.7. The number of nitrogens with one attached hydrogen (secondary N) is 1. The van der Waals surface area contributed by atoms with Crippen LogP contribution in [0.3, 0.4) is 0 Å². The van der Waals surface area contributed by atoms with E-state index in [0.29, 0.717) is 30.9 Å². The molecule has 0 aromatic heterocycles. The molecule has 0 fully saturated rings. The van der Waals surface area contributed by atoms with Gasteiger partial charge in [-0.05, 0) is 56.9 Å². The molecule has 2 atom stereocenters. The van der Waals surface area contributed by atoms with Gasteiger partial charge in [-0.2, -0.15) is 0 Å². The Hall–Kier alpha value is -3.69. The minimum Gasteiger partial charge on any atom is -0.493 e. The van der Waals surface area contributed by atoms with Crippen LogP contribution in [0.15, 0.2) is 60.3 Å². The van der Waals surface area contributed by atoms with Crippen molar-refractivity contribution >= 4 is 17.5 Å². The second-order valence-electron chi connectivity index (χ2n) is 10.8. The molecule has 41 heavy (non-hydrogen) atoms. The van der Waals surface area contributed by atoms with E-state index in [1.54, 1.807) is 41.1 Å². The summed E-state index contributed by atoms with van der Waals surface area (Å²) in [6.45, 7) is 5.09. The predicted octanol–water partition coefficient (Wildman–Crippen LogP) is 4.00. The van der Waals surface area contributed by atoms with Gasteiger partial charge in [-0.3, -0.25) is 14.4 Å². The summed E-state index contributed by atoms with van der Waals surface area (Å²) >= 11 is 0. The first-order chi connectivity index (χ1) is 19.4. The average Bonchev–Trinajstić information content (AvgIpc) is 2.93. The van der Waals surface area contributed by atoms with E-state index in [1.807, 2.05) is 67.5 Å². The molecule has 0 saturated heterocycles. The largest absolute Gasteiger partial charge is 0.493 e. The summed E-state index contributed by atoms with van der Waals surface area (Å²) in [6.07, 6.45) is 3.04. The van der Waals surface area contributed by atoms with Crippen molar-refractivity contribution in [2.24, 2.45) is 5.73 Å². The van der Waals surface area contributed by atoms with E-state index in [0.717, 1.165) is 16.8 Å². The summed E-state index contributed by atoms with van der Waals surface area (Å²) in [4.78, 5) is 40.4. The fourth-order valence-electron chi connectivity index (χ4n) is 4.22. The van der Waals surface area contributed by atoms with Crippen molar-refractivity contribution in [1.82, 2.24) is 10.2 Å². The Kier molecular flexibility index (Phi) is 13.0. The van der Waals surface area contributed by atoms with Crippen molar-refractivity contribution in [3.05, 3.63) is 71.4 Å². The van der Waals surface area contributed by atoms with Gasteiger partial charge >= 0.3 is 0 Å². The molecule has 1 amide bonds. The Morgan fingerprint density at radius 2 is 1.66 bits per heavy atom. The Morgan fingerprint density at radius 1 is 1.00 bits per heavy atom. The van der Waals surface area contributed by atoms with Crippen LogP contribution in [0.4, 0.5) is 0 Å². The lowest BCUT2D eigenvalue weighted by molar-refractivity contribution is -0.131. The maximum absolute atomic E-state index is 13.3. The summed E-state index contributed by atoms with van der Waals surface area (Å²) in [6, 6.07) is 14.2. The lowest BCUT2D eigenvalue weighted by Crippen LogP contribution is -2.55. The van der Waals surface area contributed by atoms with Crippen molar-refractivity contribution in [2.75, 3.05) is 34.9 Å². The number of hydrogen-bond acceptors (Lipinski definition) is 8. The van der Waals surface area contributed by atoms with Gasteiger partial charge in [0.05, 0.1) is 33.0 Å². The van der Waals surface area contributed by atoms with Crippen molar-refractivity contribution in [2.45, 2.75) is 64.1 Å². The SMILES string of the molecule is COc1ccc([C@H](C/C=C(/CCC(=O)[C@@H](COCc2ccccc2)NC(=O)C(C)(C)N)N(C)C)C(C)=O)cc1OC. The van der Waals surface area contributed by atoms with E-state index in [2.05, 4.69) is 5.32 Å². The molecule has 9 nitrogen and oxygen atoms in total. The number of allylic oxidation sites excluding steroid dienone is 2. The van der Waals surface area contributed by atoms with Gasteiger partial charge in [-0.1, -0.05) is 42.5 Å². The molecule has 0 saturated carbocycles. The normalized spacial score (nSPS) is 13.2. The maximum atomic E-state index is 13.3. The van der Waals surface area contributed by atoms with E-state index in [4.69, 9.17) is 19.9 Å². The van der Waals surface area contributed by atoms with Crippen LogP contribution in [-0.2, 0) is 25.7 Å². The van der Waals surface area contributed by atoms with Gasteiger partial charge in [0.15, 0.2) is 17.3 Å². The third kappa shape index (κ3) is 10.7. The average molecular weight is 568 g/mol. The number of carbonyl (C=O) groups is 3. The zero-order chi connectivity index (χ0) is 30.6. The molecule has 3 N–H and O–H groups in total. The van der Waals surface area contributed by atoms with Crippen LogP contribution in [0.1, 0.15) is 57.1 Å². The lowest BCUT2D eigenvalue weighted by atomic mass is 9.91.